The average molecular weight is 278 g/mol. The van der Waals surface area contributed by atoms with Crippen LogP contribution in [0.3, 0.4) is 0 Å². The molecular formula is C17H11FN2O. The summed E-state index contributed by atoms with van der Waals surface area (Å²) in [6.45, 7) is -0.0519. The SMILES string of the molecule is C#Cc1ccc2c(c1)C(c1ccccc1F)=NCC(=O)N2. The van der Waals surface area contributed by atoms with Gasteiger partial charge >= 0.3 is 0 Å². The number of benzodiazepines with no additional fused rings is 1. The Morgan fingerprint density at radius 3 is 2.76 bits per heavy atom. The van der Waals surface area contributed by atoms with E-state index in [1.54, 1.807) is 36.4 Å². The van der Waals surface area contributed by atoms with Crippen LogP contribution < -0.4 is 5.32 Å². The summed E-state index contributed by atoms with van der Waals surface area (Å²) < 4.78 is 14.1. The molecular weight excluding hydrogens is 267 g/mol. The summed E-state index contributed by atoms with van der Waals surface area (Å²) >= 11 is 0. The Labute approximate surface area is 121 Å². The van der Waals surface area contributed by atoms with Crippen molar-refractivity contribution in [1.82, 2.24) is 0 Å². The Kier molecular flexibility index (Phi) is 3.25. The number of carbonyl (C=O) groups is 1. The first-order chi connectivity index (χ1) is 10.2. The van der Waals surface area contributed by atoms with Crippen molar-refractivity contribution in [2.45, 2.75) is 0 Å². The van der Waals surface area contributed by atoms with Gasteiger partial charge in [0.15, 0.2) is 0 Å². The molecule has 0 saturated heterocycles. The normalized spacial score (nSPS) is 13.5. The first-order valence-corrected chi connectivity index (χ1v) is 6.39. The average Bonchev–Trinajstić information content (AvgIpc) is 2.65. The summed E-state index contributed by atoms with van der Waals surface area (Å²) in [4.78, 5) is 16.0. The number of rotatable bonds is 1. The van der Waals surface area contributed by atoms with Gasteiger partial charge in [0.2, 0.25) is 5.91 Å². The van der Waals surface area contributed by atoms with Crippen molar-refractivity contribution in [3.8, 4) is 12.3 Å². The molecule has 1 amide bonds. The number of benzene rings is 2. The molecule has 0 atom stereocenters. The summed E-state index contributed by atoms with van der Waals surface area (Å²) in [5.74, 6) is 1.91. The highest BCUT2D eigenvalue weighted by Crippen LogP contribution is 2.25. The highest BCUT2D eigenvalue weighted by atomic mass is 19.1. The molecule has 1 heterocycles. The Morgan fingerprint density at radius 1 is 1.19 bits per heavy atom. The number of halogens is 1. The zero-order chi connectivity index (χ0) is 14.8. The van der Waals surface area contributed by atoms with Crippen molar-refractivity contribution in [2.24, 2.45) is 4.99 Å². The van der Waals surface area contributed by atoms with Gasteiger partial charge in [-0.1, -0.05) is 18.1 Å². The van der Waals surface area contributed by atoms with Gasteiger partial charge in [-0.3, -0.25) is 9.79 Å². The lowest BCUT2D eigenvalue weighted by Crippen LogP contribution is -2.13. The lowest BCUT2D eigenvalue weighted by atomic mass is 9.98. The molecule has 0 unspecified atom stereocenters. The number of nitrogens with one attached hydrogen (secondary N) is 1. The molecule has 2 aromatic carbocycles. The molecule has 3 nitrogen and oxygen atoms in total. The third kappa shape index (κ3) is 2.41. The molecule has 0 aliphatic carbocycles. The van der Waals surface area contributed by atoms with E-state index in [2.05, 4.69) is 16.2 Å². The third-order valence-electron chi connectivity index (χ3n) is 3.23. The minimum Gasteiger partial charge on any atom is -0.324 e. The van der Waals surface area contributed by atoms with Gasteiger partial charge in [-0.15, -0.1) is 6.42 Å². The second-order valence-electron chi connectivity index (χ2n) is 4.60. The summed E-state index contributed by atoms with van der Waals surface area (Å²) in [5, 5.41) is 2.75. The van der Waals surface area contributed by atoms with Gasteiger partial charge in [-0.25, -0.2) is 4.39 Å². The van der Waals surface area contributed by atoms with Crippen molar-refractivity contribution >= 4 is 17.3 Å². The van der Waals surface area contributed by atoms with E-state index in [9.17, 15) is 9.18 Å². The number of hydrogen-bond acceptors (Lipinski definition) is 2. The first-order valence-electron chi connectivity index (χ1n) is 6.39. The maximum atomic E-state index is 14.1. The first kappa shape index (κ1) is 13.1. The Bertz CT molecular complexity index is 803. The fourth-order valence-corrected chi connectivity index (χ4v) is 2.25. The van der Waals surface area contributed by atoms with Crippen molar-refractivity contribution in [3.63, 3.8) is 0 Å². The summed E-state index contributed by atoms with van der Waals surface area (Å²) in [7, 11) is 0. The standard InChI is InChI=1S/C17H11FN2O/c1-2-11-7-8-15-13(9-11)17(19-10-16(21)20-15)12-5-3-4-6-14(12)18/h1,3-9H,10H2,(H,20,21). The largest absolute Gasteiger partial charge is 0.324 e. The van der Waals surface area contributed by atoms with Gasteiger partial charge in [0.25, 0.3) is 0 Å². The monoisotopic (exact) mass is 278 g/mol. The van der Waals surface area contributed by atoms with E-state index in [-0.39, 0.29) is 18.3 Å². The molecule has 0 bridgehead atoms. The molecule has 1 aliphatic rings. The van der Waals surface area contributed by atoms with Crippen LogP contribution in [-0.4, -0.2) is 18.2 Å². The number of terminal acetylenes is 1. The number of amides is 1. The number of fused-ring (bicyclic) bond motifs is 1. The van der Waals surface area contributed by atoms with Crippen LogP contribution >= 0.6 is 0 Å². The van der Waals surface area contributed by atoms with Crippen LogP contribution in [0.15, 0.2) is 47.5 Å². The lowest BCUT2D eigenvalue weighted by molar-refractivity contribution is -0.114. The van der Waals surface area contributed by atoms with Crippen LogP contribution in [0.1, 0.15) is 16.7 Å². The predicted octanol–water partition coefficient (Wildman–Crippen LogP) is 2.60. The second kappa shape index (κ2) is 5.22. The number of nitrogens with zero attached hydrogens (tertiary/aromatic N) is 1. The number of anilines is 1. The third-order valence-corrected chi connectivity index (χ3v) is 3.23. The molecule has 3 rings (SSSR count). The minimum absolute atomic E-state index is 0.0519. The summed E-state index contributed by atoms with van der Waals surface area (Å²) in [6, 6.07) is 11.5. The molecule has 1 aliphatic heterocycles. The van der Waals surface area contributed by atoms with Crippen LogP contribution in [0.5, 0.6) is 0 Å². The zero-order valence-electron chi connectivity index (χ0n) is 11.1. The van der Waals surface area contributed by atoms with Crippen LogP contribution in [-0.2, 0) is 4.79 Å². The minimum atomic E-state index is -0.386. The van der Waals surface area contributed by atoms with Crippen molar-refractivity contribution < 1.29 is 9.18 Å². The molecule has 0 fully saturated rings. The molecule has 2 aromatic rings. The van der Waals surface area contributed by atoms with Gasteiger partial charge < -0.3 is 5.32 Å². The molecule has 0 saturated carbocycles. The maximum Gasteiger partial charge on any atom is 0.246 e. The predicted molar refractivity (Wildman–Crippen MR) is 79.9 cm³/mol. The summed E-state index contributed by atoms with van der Waals surface area (Å²) in [6.07, 6.45) is 5.41. The Morgan fingerprint density at radius 2 is 2.00 bits per heavy atom. The van der Waals surface area contributed by atoms with E-state index in [1.165, 1.54) is 6.07 Å². The molecule has 0 spiro atoms. The fraction of sp³-hybridized carbons (Fsp3) is 0.0588. The van der Waals surface area contributed by atoms with Gasteiger partial charge in [0.1, 0.15) is 12.4 Å². The van der Waals surface area contributed by atoms with Crippen LogP contribution in [0.25, 0.3) is 0 Å². The van der Waals surface area contributed by atoms with Crippen LogP contribution in [0.4, 0.5) is 10.1 Å². The number of carbonyl (C=O) groups excluding carboxylic acids is 1. The van der Waals surface area contributed by atoms with Gasteiger partial charge in [-0.05, 0) is 30.3 Å². The molecule has 21 heavy (non-hydrogen) atoms. The van der Waals surface area contributed by atoms with E-state index in [1.807, 2.05) is 0 Å². The summed E-state index contributed by atoms with van der Waals surface area (Å²) in [5.41, 5.74) is 2.64. The van der Waals surface area contributed by atoms with Crippen LogP contribution in [0.2, 0.25) is 0 Å². The maximum absolute atomic E-state index is 14.1. The quantitative estimate of drug-likeness (QED) is 0.800. The second-order valence-corrected chi connectivity index (χ2v) is 4.60. The van der Waals surface area contributed by atoms with E-state index in [0.29, 0.717) is 28.1 Å². The van der Waals surface area contributed by atoms with Crippen LogP contribution in [0, 0.1) is 18.2 Å². The number of hydrogen-bond donors (Lipinski definition) is 1. The van der Waals surface area contributed by atoms with E-state index in [0.717, 1.165) is 0 Å². The Balaban J connectivity index is 2.24. The number of aliphatic imine (C=N–C) groups is 1. The molecule has 0 aromatic heterocycles. The van der Waals surface area contributed by atoms with Gasteiger partial charge in [-0.2, -0.15) is 0 Å². The molecule has 102 valence electrons. The molecule has 0 radical (unpaired) electrons. The molecule has 1 N–H and O–H groups in total. The fourth-order valence-electron chi connectivity index (χ4n) is 2.25. The van der Waals surface area contributed by atoms with E-state index >= 15 is 0 Å². The highest BCUT2D eigenvalue weighted by molar-refractivity contribution is 6.19. The van der Waals surface area contributed by atoms with Gasteiger partial charge in [0.05, 0.1) is 11.4 Å². The Hall–Kier alpha value is -2.93. The highest BCUT2D eigenvalue weighted by Gasteiger charge is 2.20. The van der Waals surface area contributed by atoms with Crippen molar-refractivity contribution in [2.75, 3.05) is 11.9 Å². The van der Waals surface area contributed by atoms with Gasteiger partial charge in [0, 0.05) is 16.7 Å². The van der Waals surface area contributed by atoms with E-state index in [4.69, 9.17) is 6.42 Å². The van der Waals surface area contributed by atoms with Crippen molar-refractivity contribution in [3.05, 3.63) is 65.0 Å². The lowest BCUT2D eigenvalue weighted by Gasteiger charge is -2.11. The van der Waals surface area contributed by atoms with Crippen molar-refractivity contribution in [1.29, 1.82) is 0 Å². The zero-order valence-corrected chi connectivity index (χ0v) is 11.1. The molecule has 4 heteroatoms. The van der Waals surface area contributed by atoms with E-state index < -0.39 is 0 Å². The smallest absolute Gasteiger partial charge is 0.246 e. The topological polar surface area (TPSA) is 41.5 Å².